The Labute approximate surface area is 140 Å². The molecule has 2 N–H and O–H groups in total. The third-order valence-electron chi connectivity index (χ3n) is 4.22. The van der Waals surface area contributed by atoms with Crippen LogP contribution in [-0.4, -0.2) is 36.7 Å². The number of aromatic nitrogens is 1. The Morgan fingerprint density at radius 1 is 1.17 bits per heavy atom. The van der Waals surface area contributed by atoms with Gasteiger partial charge in [0.2, 0.25) is 5.91 Å². The smallest absolute Gasteiger partial charge is 0.242 e. The van der Waals surface area contributed by atoms with Gasteiger partial charge in [0.25, 0.3) is 0 Å². The van der Waals surface area contributed by atoms with Gasteiger partial charge in [-0.1, -0.05) is 6.07 Å². The molecule has 3 heterocycles. The van der Waals surface area contributed by atoms with E-state index in [0.29, 0.717) is 19.0 Å². The van der Waals surface area contributed by atoms with E-state index in [4.69, 9.17) is 9.47 Å². The average Bonchev–Trinajstić information content (AvgIpc) is 3.16. The molecule has 1 aromatic heterocycles. The lowest BCUT2D eigenvalue weighted by atomic mass is 10.1. The molecule has 1 saturated heterocycles. The van der Waals surface area contributed by atoms with Crippen LogP contribution in [0.5, 0.6) is 11.5 Å². The van der Waals surface area contributed by atoms with Gasteiger partial charge in [-0.25, -0.2) is 4.98 Å². The molecule has 6 heteroatoms. The number of nitrogens with zero attached hydrogens (tertiary/aromatic N) is 1. The molecule has 1 amide bonds. The minimum absolute atomic E-state index is 0.0284. The van der Waals surface area contributed by atoms with Crippen LogP contribution >= 0.6 is 0 Å². The van der Waals surface area contributed by atoms with Crippen LogP contribution in [0.4, 0.5) is 5.82 Å². The second-order valence-corrected chi connectivity index (χ2v) is 5.90. The van der Waals surface area contributed by atoms with Gasteiger partial charge in [0.15, 0.2) is 11.5 Å². The summed E-state index contributed by atoms with van der Waals surface area (Å²) in [5, 5.41) is 6.07. The third kappa shape index (κ3) is 3.05. The van der Waals surface area contributed by atoms with Crippen molar-refractivity contribution in [2.24, 2.45) is 0 Å². The number of amides is 1. The number of rotatable bonds is 3. The summed E-state index contributed by atoms with van der Waals surface area (Å²) >= 11 is 0. The topological polar surface area (TPSA) is 72.5 Å². The van der Waals surface area contributed by atoms with Gasteiger partial charge in [0, 0.05) is 5.56 Å². The van der Waals surface area contributed by atoms with Crippen molar-refractivity contribution in [1.29, 1.82) is 0 Å². The normalized spacial score (nSPS) is 19.1. The van der Waals surface area contributed by atoms with Crippen LogP contribution in [0.3, 0.4) is 0 Å². The Bertz CT molecular complexity index is 757. The predicted octanol–water partition coefficient (Wildman–Crippen LogP) is 2.21. The number of carbonyl (C=O) groups excluding carboxylic acids is 1. The van der Waals surface area contributed by atoms with Gasteiger partial charge < -0.3 is 20.1 Å². The molecule has 4 rings (SSSR count). The summed E-state index contributed by atoms with van der Waals surface area (Å²) in [4.78, 5) is 16.8. The van der Waals surface area contributed by atoms with Gasteiger partial charge in [-0.2, -0.15) is 0 Å². The van der Waals surface area contributed by atoms with Gasteiger partial charge in [-0.3, -0.25) is 4.79 Å². The molecule has 2 aliphatic heterocycles. The molecule has 1 fully saturated rings. The van der Waals surface area contributed by atoms with Gasteiger partial charge >= 0.3 is 0 Å². The quantitative estimate of drug-likeness (QED) is 0.905. The van der Waals surface area contributed by atoms with Crippen LogP contribution in [0.25, 0.3) is 11.3 Å². The lowest BCUT2D eigenvalue weighted by Gasteiger charge is -2.19. The molecule has 24 heavy (non-hydrogen) atoms. The predicted molar refractivity (Wildman–Crippen MR) is 90.3 cm³/mol. The lowest BCUT2D eigenvalue weighted by molar-refractivity contribution is -0.117. The fourth-order valence-corrected chi connectivity index (χ4v) is 2.99. The summed E-state index contributed by atoms with van der Waals surface area (Å²) in [5.41, 5.74) is 1.71. The average molecular weight is 325 g/mol. The van der Waals surface area contributed by atoms with Crippen molar-refractivity contribution in [3.8, 4) is 22.8 Å². The molecule has 0 bridgehead atoms. The van der Waals surface area contributed by atoms with Crippen molar-refractivity contribution in [3.05, 3.63) is 36.4 Å². The first-order valence-electron chi connectivity index (χ1n) is 8.21. The number of pyridine rings is 1. The van der Waals surface area contributed by atoms with Crippen molar-refractivity contribution in [3.63, 3.8) is 0 Å². The molecule has 2 aromatic rings. The number of hydrogen-bond acceptors (Lipinski definition) is 5. The molecule has 1 aromatic carbocycles. The van der Waals surface area contributed by atoms with E-state index in [1.807, 2.05) is 30.3 Å². The standard InChI is InChI=1S/C18H19N3O3/c22-18(14-4-2-8-19-14)21-17-5-1-3-13(20-17)12-6-7-15-16(11-12)24-10-9-23-15/h1,3,5-7,11,14,19H,2,4,8-10H2,(H,20,21,22). The van der Waals surface area contributed by atoms with E-state index in [1.54, 1.807) is 6.07 Å². The number of nitrogens with one attached hydrogen (secondary N) is 2. The van der Waals surface area contributed by atoms with Gasteiger partial charge in [0.1, 0.15) is 19.0 Å². The van der Waals surface area contributed by atoms with E-state index in [0.717, 1.165) is 42.1 Å². The van der Waals surface area contributed by atoms with Crippen LogP contribution in [-0.2, 0) is 4.79 Å². The zero-order chi connectivity index (χ0) is 16.4. The number of fused-ring (bicyclic) bond motifs is 1. The van der Waals surface area contributed by atoms with E-state index >= 15 is 0 Å². The first-order valence-corrected chi connectivity index (χ1v) is 8.21. The van der Waals surface area contributed by atoms with Crippen molar-refractivity contribution in [1.82, 2.24) is 10.3 Å². The fourth-order valence-electron chi connectivity index (χ4n) is 2.99. The summed E-state index contributed by atoms with van der Waals surface area (Å²) in [5.74, 6) is 2.01. The van der Waals surface area contributed by atoms with Crippen molar-refractivity contribution in [2.45, 2.75) is 18.9 Å². The first-order chi connectivity index (χ1) is 11.8. The molecule has 0 saturated carbocycles. The van der Waals surface area contributed by atoms with Gasteiger partial charge in [-0.05, 0) is 49.7 Å². The molecule has 0 radical (unpaired) electrons. The number of carbonyl (C=O) groups is 1. The second kappa shape index (κ2) is 6.49. The Hall–Kier alpha value is -2.60. The molecule has 124 valence electrons. The second-order valence-electron chi connectivity index (χ2n) is 5.90. The highest BCUT2D eigenvalue weighted by Gasteiger charge is 2.22. The molecular formula is C18H19N3O3. The highest BCUT2D eigenvalue weighted by Crippen LogP contribution is 2.34. The summed E-state index contributed by atoms with van der Waals surface area (Å²) in [7, 11) is 0. The Kier molecular flexibility index (Phi) is 4.04. The van der Waals surface area contributed by atoms with Crippen LogP contribution in [0, 0.1) is 0 Å². The van der Waals surface area contributed by atoms with E-state index in [-0.39, 0.29) is 11.9 Å². The maximum absolute atomic E-state index is 12.2. The van der Waals surface area contributed by atoms with Gasteiger partial charge in [-0.15, -0.1) is 0 Å². The maximum Gasteiger partial charge on any atom is 0.242 e. The van der Waals surface area contributed by atoms with E-state index in [9.17, 15) is 4.79 Å². The molecule has 1 atom stereocenters. The lowest BCUT2D eigenvalue weighted by Crippen LogP contribution is -2.35. The summed E-state index contributed by atoms with van der Waals surface area (Å²) < 4.78 is 11.2. The Balaban J connectivity index is 1.55. The van der Waals surface area contributed by atoms with Gasteiger partial charge in [0.05, 0.1) is 11.7 Å². The molecule has 2 aliphatic rings. The highest BCUT2D eigenvalue weighted by molar-refractivity contribution is 5.94. The van der Waals surface area contributed by atoms with E-state index in [1.165, 1.54) is 0 Å². The third-order valence-corrected chi connectivity index (χ3v) is 4.22. The van der Waals surface area contributed by atoms with Crippen molar-refractivity contribution in [2.75, 3.05) is 25.1 Å². The van der Waals surface area contributed by atoms with E-state index in [2.05, 4.69) is 15.6 Å². The molecule has 0 spiro atoms. The molecule has 1 unspecified atom stereocenters. The van der Waals surface area contributed by atoms with E-state index < -0.39 is 0 Å². The van der Waals surface area contributed by atoms with Crippen LogP contribution in [0.1, 0.15) is 12.8 Å². The Morgan fingerprint density at radius 2 is 2.04 bits per heavy atom. The van der Waals surface area contributed by atoms with Crippen LogP contribution < -0.4 is 20.1 Å². The SMILES string of the molecule is O=C(Nc1cccc(-c2ccc3c(c2)OCCO3)n1)C1CCCN1. The Morgan fingerprint density at radius 3 is 2.88 bits per heavy atom. The maximum atomic E-state index is 12.2. The monoisotopic (exact) mass is 325 g/mol. The number of ether oxygens (including phenoxy) is 2. The van der Waals surface area contributed by atoms with Crippen molar-refractivity contribution < 1.29 is 14.3 Å². The summed E-state index contributed by atoms with van der Waals surface area (Å²) in [6, 6.07) is 11.2. The van der Waals surface area contributed by atoms with Crippen molar-refractivity contribution >= 4 is 11.7 Å². The number of benzene rings is 1. The molecular weight excluding hydrogens is 306 g/mol. The fraction of sp³-hybridized carbons (Fsp3) is 0.333. The summed E-state index contributed by atoms with van der Waals surface area (Å²) in [6.45, 7) is 2.01. The van der Waals surface area contributed by atoms with Crippen LogP contribution in [0.2, 0.25) is 0 Å². The molecule has 6 nitrogen and oxygen atoms in total. The zero-order valence-electron chi connectivity index (χ0n) is 13.2. The number of hydrogen-bond donors (Lipinski definition) is 2. The minimum Gasteiger partial charge on any atom is -0.486 e. The minimum atomic E-state index is -0.121. The first kappa shape index (κ1) is 15.0. The van der Waals surface area contributed by atoms with Crippen LogP contribution in [0.15, 0.2) is 36.4 Å². The largest absolute Gasteiger partial charge is 0.486 e. The molecule has 0 aliphatic carbocycles. The zero-order valence-corrected chi connectivity index (χ0v) is 13.2. The summed E-state index contributed by atoms with van der Waals surface area (Å²) in [6.07, 6.45) is 1.90. The number of anilines is 1. The highest BCUT2D eigenvalue weighted by atomic mass is 16.6.